The SMILES string of the molecule is CSN1CCC(Nc2ncc(F)c(-c3sc(OC4CCCC4)nc3C(F)(F)F)n2)CC1. The topological polar surface area (TPSA) is 63.2 Å². The van der Waals surface area contributed by atoms with Gasteiger partial charge in [0, 0.05) is 19.1 Å². The van der Waals surface area contributed by atoms with E-state index in [9.17, 15) is 17.6 Å². The van der Waals surface area contributed by atoms with Gasteiger partial charge in [-0.1, -0.05) is 23.3 Å². The zero-order valence-corrected chi connectivity index (χ0v) is 18.5. The fourth-order valence-electron chi connectivity index (χ4n) is 3.81. The van der Waals surface area contributed by atoms with Gasteiger partial charge >= 0.3 is 6.18 Å². The summed E-state index contributed by atoms with van der Waals surface area (Å²) in [5.41, 5.74) is -1.59. The van der Waals surface area contributed by atoms with Gasteiger partial charge in [0.2, 0.25) is 5.95 Å². The second kappa shape index (κ2) is 9.45. The fraction of sp³-hybridized carbons (Fsp3) is 0.632. The number of anilines is 1. The lowest BCUT2D eigenvalue weighted by Gasteiger charge is -2.30. The molecule has 0 radical (unpaired) electrons. The molecule has 4 rings (SSSR count). The molecular weight excluding hydrogens is 454 g/mol. The molecule has 1 N–H and O–H groups in total. The number of alkyl halides is 3. The Morgan fingerprint density at radius 1 is 1.16 bits per heavy atom. The Hall–Kier alpha value is -1.66. The van der Waals surface area contributed by atoms with Gasteiger partial charge in [-0.2, -0.15) is 18.2 Å². The van der Waals surface area contributed by atoms with Crippen LogP contribution in [0.4, 0.5) is 23.5 Å². The third kappa shape index (κ3) is 5.40. The number of aromatic nitrogens is 3. The first-order valence-electron chi connectivity index (χ1n) is 10.2. The van der Waals surface area contributed by atoms with Gasteiger partial charge in [0.15, 0.2) is 11.5 Å². The minimum atomic E-state index is -4.75. The Morgan fingerprint density at radius 2 is 1.87 bits per heavy atom. The molecular formula is C19H23F4N5OS2. The molecule has 0 unspecified atom stereocenters. The quantitative estimate of drug-likeness (QED) is 0.451. The van der Waals surface area contributed by atoms with E-state index in [-0.39, 0.29) is 28.2 Å². The van der Waals surface area contributed by atoms with Crippen molar-refractivity contribution >= 4 is 29.2 Å². The van der Waals surface area contributed by atoms with Gasteiger partial charge in [-0.3, -0.25) is 4.31 Å². The normalized spacial score (nSPS) is 19.1. The summed E-state index contributed by atoms with van der Waals surface area (Å²) in [6, 6.07) is 0.0755. The van der Waals surface area contributed by atoms with Crippen molar-refractivity contribution in [3.05, 3.63) is 17.7 Å². The monoisotopic (exact) mass is 477 g/mol. The number of piperidine rings is 1. The molecule has 3 heterocycles. The molecule has 31 heavy (non-hydrogen) atoms. The van der Waals surface area contributed by atoms with Crippen molar-refractivity contribution in [1.82, 2.24) is 19.3 Å². The van der Waals surface area contributed by atoms with Crippen molar-refractivity contribution in [2.75, 3.05) is 24.7 Å². The number of ether oxygens (including phenoxy) is 1. The molecule has 1 aliphatic heterocycles. The smallest absolute Gasteiger partial charge is 0.435 e. The highest BCUT2D eigenvalue weighted by molar-refractivity contribution is 7.96. The highest BCUT2D eigenvalue weighted by Crippen LogP contribution is 2.43. The Labute approximate surface area is 185 Å². The predicted octanol–water partition coefficient (Wildman–Crippen LogP) is 5.23. The predicted molar refractivity (Wildman–Crippen MR) is 113 cm³/mol. The highest BCUT2D eigenvalue weighted by Gasteiger charge is 2.40. The number of rotatable bonds is 6. The second-order valence-corrected chi connectivity index (χ2v) is 9.44. The van der Waals surface area contributed by atoms with E-state index in [2.05, 4.69) is 24.6 Å². The molecule has 2 aromatic rings. The lowest BCUT2D eigenvalue weighted by molar-refractivity contribution is -0.140. The van der Waals surface area contributed by atoms with Crippen LogP contribution in [0.15, 0.2) is 6.20 Å². The van der Waals surface area contributed by atoms with Gasteiger partial charge in [0.25, 0.3) is 5.19 Å². The van der Waals surface area contributed by atoms with Gasteiger partial charge < -0.3 is 10.1 Å². The molecule has 170 valence electrons. The number of nitrogens with one attached hydrogen (secondary N) is 1. The summed E-state index contributed by atoms with van der Waals surface area (Å²) in [5.74, 6) is -0.817. The molecule has 1 aliphatic carbocycles. The lowest BCUT2D eigenvalue weighted by Crippen LogP contribution is -2.35. The largest absolute Gasteiger partial charge is 0.467 e. The molecule has 0 atom stereocenters. The lowest BCUT2D eigenvalue weighted by atomic mass is 10.1. The van der Waals surface area contributed by atoms with Crippen molar-refractivity contribution in [2.24, 2.45) is 0 Å². The van der Waals surface area contributed by atoms with Gasteiger partial charge in [-0.05, 0) is 44.8 Å². The van der Waals surface area contributed by atoms with Crippen LogP contribution in [0.3, 0.4) is 0 Å². The molecule has 0 aromatic carbocycles. The second-order valence-electron chi connectivity index (χ2n) is 7.60. The van der Waals surface area contributed by atoms with Crippen molar-refractivity contribution in [1.29, 1.82) is 0 Å². The molecule has 1 saturated heterocycles. The Balaban J connectivity index is 1.59. The maximum Gasteiger partial charge on any atom is 0.435 e. The van der Waals surface area contributed by atoms with E-state index in [1.807, 2.05) is 6.26 Å². The van der Waals surface area contributed by atoms with E-state index in [0.717, 1.165) is 57.8 Å². The molecule has 12 heteroatoms. The van der Waals surface area contributed by atoms with Crippen LogP contribution in [-0.4, -0.2) is 50.7 Å². The molecule has 2 aliphatic rings. The van der Waals surface area contributed by atoms with Crippen LogP contribution in [0.1, 0.15) is 44.2 Å². The Bertz CT molecular complexity index is 896. The van der Waals surface area contributed by atoms with Crippen LogP contribution in [0, 0.1) is 5.82 Å². The minimum Gasteiger partial charge on any atom is -0.467 e. The van der Waals surface area contributed by atoms with Crippen LogP contribution in [0.25, 0.3) is 10.6 Å². The zero-order chi connectivity index (χ0) is 22.0. The first-order chi connectivity index (χ1) is 14.8. The first-order valence-corrected chi connectivity index (χ1v) is 12.2. The fourth-order valence-corrected chi connectivity index (χ4v) is 5.38. The molecule has 1 saturated carbocycles. The zero-order valence-electron chi connectivity index (χ0n) is 16.9. The maximum atomic E-state index is 14.5. The average Bonchev–Trinajstić information content (AvgIpc) is 3.40. The van der Waals surface area contributed by atoms with Crippen LogP contribution in [0.2, 0.25) is 0 Å². The van der Waals surface area contributed by atoms with Gasteiger partial charge in [0.05, 0.1) is 11.1 Å². The van der Waals surface area contributed by atoms with Gasteiger partial charge in [-0.25, -0.2) is 14.4 Å². The Kier molecular flexibility index (Phi) is 6.87. The van der Waals surface area contributed by atoms with E-state index in [4.69, 9.17) is 4.74 Å². The van der Waals surface area contributed by atoms with E-state index in [0.29, 0.717) is 11.3 Å². The average molecular weight is 478 g/mol. The molecule has 0 spiro atoms. The summed E-state index contributed by atoms with van der Waals surface area (Å²) in [6.45, 7) is 1.75. The summed E-state index contributed by atoms with van der Waals surface area (Å²) in [6.07, 6.45) is 3.19. The number of nitrogens with zero attached hydrogens (tertiary/aromatic N) is 4. The molecule has 2 fully saturated rings. The third-order valence-corrected chi connectivity index (χ3v) is 7.28. The highest BCUT2D eigenvalue weighted by atomic mass is 32.2. The minimum absolute atomic E-state index is 0.0755. The summed E-state index contributed by atoms with van der Waals surface area (Å²) in [7, 11) is 0. The van der Waals surface area contributed by atoms with Crippen LogP contribution >= 0.6 is 23.3 Å². The van der Waals surface area contributed by atoms with E-state index in [1.165, 1.54) is 0 Å². The van der Waals surface area contributed by atoms with E-state index in [1.54, 1.807) is 11.9 Å². The molecule has 6 nitrogen and oxygen atoms in total. The third-order valence-electron chi connectivity index (χ3n) is 5.45. The number of hydrogen-bond acceptors (Lipinski definition) is 8. The van der Waals surface area contributed by atoms with E-state index >= 15 is 0 Å². The summed E-state index contributed by atoms with van der Waals surface area (Å²) in [5, 5.41) is 3.03. The van der Waals surface area contributed by atoms with Crippen LogP contribution < -0.4 is 10.1 Å². The molecule has 0 amide bonds. The van der Waals surface area contributed by atoms with Crippen LogP contribution in [0.5, 0.6) is 5.19 Å². The summed E-state index contributed by atoms with van der Waals surface area (Å²) in [4.78, 5) is 11.3. The number of halogens is 4. The molecule has 0 bridgehead atoms. The van der Waals surface area contributed by atoms with Gasteiger partial charge in [0.1, 0.15) is 11.8 Å². The van der Waals surface area contributed by atoms with Crippen molar-refractivity contribution in [3.8, 4) is 15.8 Å². The van der Waals surface area contributed by atoms with E-state index < -0.39 is 23.4 Å². The standard InChI is InChI=1S/C19H23F4N5OS2/c1-30-28-8-6-11(7-9-28)25-17-24-10-13(20)14(26-17)15-16(19(21,22)23)27-18(31-15)29-12-4-2-3-5-12/h10-12H,2-9H2,1H3,(H,24,25,26). The van der Waals surface area contributed by atoms with Crippen molar-refractivity contribution in [2.45, 2.75) is 56.8 Å². The molecule has 2 aromatic heterocycles. The first kappa shape index (κ1) is 22.5. The summed E-state index contributed by atoms with van der Waals surface area (Å²) < 4.78 is 63.3. The van der Waals surface area contributed by atoms with Crippen LogP contribution in [-0.2, 0) is 6.18 Å². The summed E-state index contributed by atoms with van der Waals surface area (Å²) >= 11 is 2.35. The number of thiazole rings is 1. The Morgan fingerprint density at radius 3 is 2.52 bits per heavy atom. The maximum absolute atomic E-state index is 14.5. The van der Waals surface area contributed by atoms with Crippen molar-refractivity contribution in [3.63, 3.8) is 0 Å². The number of hydrogen-bond donors (Lipinski definition) is 1. The van der Waals surface area contributed by atoms with Crippen molar-refractivity contribution < 1.29 is 22.3 Å². The van der Waals surface area contributed by atoms with Gasteiger partial charge in [-0.15, -0.1) is 0 Å².